The van der Waals surface area contributed by atoms with Gasteiger partial charge in [0.1, 0.15) is 39.9 Å². The number of carbonyl (C=O) groups is 4. The van der Waals surface area contributed by atoms with Crippen molar-refractivity contribution in [3.05, 3.63) is 184 Å². The van der Waals surface area contributed by atoms with E-state index in [4.69, 9.17) is 58.4 Å². The maximum atomic E-state index is 13.1. The molecule has 30 heteroatoms. The number of hydrogen-bond donors (Lipinski definition) is 2. The summed E-state index contributed by atoms with van der Waals surface area (Å²) in [6, 6.07) is 19.9. The smallest absolute Gasteiger partial charge is 0.343 e. The van der Waals surface area contributed by atoms with Gasteiger partial charge >= 0.3 is 17.9 Å². The molecule has 8 aromatic rings. The number of benzene rings is 1. The van der Waals surface area contributed by atoms with Crippen molar-refractivity contribution in [3.63, 3.8) is 0 Å². The molecule has 2 aliphatic rings. The van der Waals surface area contributed by atoms with Crippen LogP contribution >= 0.6 is 23.2 Å². The number of nitrogens with two attached hydrogens (primary N) is 1. The molecule has 1 amide bonds. The van der Waals surface area contributed by atoms with Crippen LogP contribution in [0.3, 0.4) is 0 Å². The Morgan fingerprint density at radius 1 is 0.717 bits per heavy atom. The first-order valence-corrected chi connectivity index (χ1v) is 32.5. The molecule has 99 heavy (non-hydrogen) atoms. The number of hydrogen-bond acceptors (Lipinski definition) is 24. The Hall–Kier alpha value is -9.35. The number of esters is 3. The van der Waals surface area contributed by atoms with E-state index in [1.165, 1.54) is 12.3 Å². The van der Waals surface area contributed by atoms with Crippen molar-refractivity contribution < 1.29 is 70.8 Å². The second kappa shape index (κ2) is 39.9. The summed E-state index contributed by atoms with van der Waals surface area (Å²) in [7, 11) is 0. The molecule has 1 aromatic carbocycles. The van der Waals surface area contributed by atoms with Gasteiger partial charge in [0.2, 0.25) is 5.43 Å². The van der Waals surface area contributed by atoms with Crippen LogP contribution in [0.25, 0.3) is 27.8 Å². The van der Waals surface area contributed by atoms with Crippen LogP contribution in [0, 0.1) is 50.4 Å². The first kappa shape index (κ1) is 80.3. The van der Waals surface area contributed by atoms with E-state index in [0.717, 1.165) is 53.4 Å². The summed E-state index contributed by atoms with van der Waals surface area (Å²) in [6.07, 6.45) is 6.66. The summed E-state index contributed by atoms with van der Waals surface area (Å²) in [5.41, 5.74) is 13.6. The molecule has 10 rings (SSSR count). The van der Waals surface area contributed by atoms with Crippen molar-refractivity contribution in [1.82, 2.24) is 59.9 Å². The number of ether oxygens (including phenoxy) is 4. The summed E-state index contributed by atoms with van der Waals surface area (Å²) in [5.74, 6) is -0.293. The third kappa shape index (κ3) is 22.3. The van der Waals surface area contributed by atoms with Gasteiger partial charge in [-0.3, -0.25) is 24.1 Å². The minimum atomic E-state index is -0.626. The Bertz CT molecular complexity index is 4380. The summed E-state index contributed by atoms with van der Waals surface area (Å²) in [6.45, 7) is 30.5. The molecular weight excluding hydrogens is 1390 g/mol. The topological polar surface area (TPSA) is 348 Å². The number of pyridine rings is 4. The molecule has 2 aliphatic heterocycles. The summed E-state index contributed by atoms with van der Waals surface area (Å²) in [4.78, 5) is 87.5. The zero-order valence-electron chi connectivity index (χ0n) is 57.2. The predicted molar refractivity (Wildman–Crippen MR) is 372 cm³/mol. The number of carbonyl (C=O) groups excluding carboxylic acids is 4. The van der Waals surface area contributed by atoms with E-state index in [9.17, 15) is 28.8 Å². The Morgan fingerprint density at radius 3 is 1.90 bits per heavy atom. The Morgan fingerprint density at radius 2 is 1.30 bits per heavy atom. The maximum absolute atomic E-state index is 13.1. The molecule has 0 unspecified atom stereocenters. The van der Waals surface area contributed by atoms with Crippen molar-refractivity contribution in [2.24, 2.45) is 5.73 Å². The summed E-state index contributed by atoms with van der Waals surface area (Å²) in [5, 5.41) is 46.7. The van der Waals surface area contributed by atoms with Gasteiger partial charge in [-0.15, -0.1) is 15.3 Å². The molecule has 1 radical (unpaired) electrons. The maximum Gasteiger partial charge on any atom is 0.343 e. The van der Waals surface area contributed by atoms with Crippen LogP contribution in [-0.4, -0.2) is 151 Å². The number of amides is 1. The van der Waals surface area contributed by atoms with E-state index in [1.807, 2.05) is 82.5 Å². The van der Waals surface area contributed by atoms with Gasteiger partial charge in [-0.1, -0.05) is 41.0 Å². The van der Waals surface area contributed by atoms with E-state index in [1.54, 1.807) is 78.8 Å². The van der Waals surface area contributed by atoms with Crippen LogP contribution in [0.15, 0.2) is 94.5 Å². The quantitative estimate of drug-likeness (QED) is 0.0353. The van der Waals surface area contributed by atoms with Crippen LogP contribution in [0.2, 0.25) is 10.2 Å². The van der Waals surface area contributed by atoms with Gasteiger partial charge in [0, 0.05) is 127 Å². The van der Waals surface area contributed by atoms with Crippen LogP contribution < -0.4 is 31.7 Å². The van der Waals surface area contributed by atoms with E-state index < -0.39 is 17.3 Å². The molecule has 3 N–H and O–H groups in total. The molecule has 519 valence electrons. The van der Waals surface area contributed by atoms with Crippen LogP contribution in [0.1, 0.15) is 126 Å². The molecule has 0 spiro atoms. The largest absolute Gasteiger partial charge is 0.466 e. The van der Waals surface area contributed by atoms with Gasteiger partial charge in [-0.25, -0.2) is 26.5 Å². The second-order valence-corrected chi connectivity index (χ2v) is 22.6. The normalized spacial score (nSPS) is 12.2. The Balaban J connectivity index is 0.000000232. The molecule has 7 aromatic heterocycles. The van der Waals surface area contributed by atoms with Crippen molar-refractivity contribution in [1.29, 1.82) is 10.5 Å². The van der Waals surface area contributed by atoms with Crippen LogP contribution in [-0.2, 0) is 87.4 Å². The molecule has 9 heterocycles. The van der Waals surface area contributed by atoms with E-state index in [2.05, 4.69) is 63.8 Å². The molecule has 0 saturated carbocycles. The zero-order valence-corrected chi connectivity index (χ0v) is 61.6. The SMILES string of the molecule is CCOC(=O)C1=C(N)c2cc(C)nnc2N(CC)C1.CCOC(=O)CCN(CC)c1ncc(C)cc1C#N.CCn1cc(C(=O)NCc2ccc(Cl)cc2)c(=O)c2cc(CN3CCOCC3)nnc21.Cc1cnc(Cl)c(C#N)c1.[CH2-]c1cc2c(=O)c(C(=O)OCC)cn(CC)c2nn1.[Y]. The van der Waals surface area contributed by atoms with Gasteiger partial charge in [-0.2, -0.15) is 31.9 Å². The van der Waals surface area contributed by atoms with E-state index in [-0.39, 0.29) is 73.0 Å². The van der Waals surface area contributed by atoms with Crippen molar-refractivity contribution >= 4 is 86.4 Å². The molecule has 1 fully saturated rings. The monoisotopic (exact) mass is 1470 g/mol. The number of halogens is 2. The number of fused-ring (bicyclic) bond motifs is 3. The second-order valence-electron chi connectivity index (χ2n) is 21.8. The summed E-state index contributed by atoms with van der Waals surface area (Å²) >= 11 is 11.5. The number of morpholine rings is 1. The number of likely N-dealkylation sites (N-methyl/N-ethyl adjacent to an activating group) is 1. The third-order valence-electron chi connectivity index (χ3n) is 14.9. The van der Waals surface area contributed by atoms with Crippen LogP contribution in [0.5, 0.6) is 0 Å². The number of nitrogens with one attached hydrogen (secondary N) is 1. The molecule has 0 aliphatic carbocycles. The van der Waals surface area contributed by atoms with Crippen molar-refractivity contribution in [2.45, 2.75) is 102 Å². The van der Waals surface area contributed by atoms with Gasteiger partial charge in [0.05, 0.1) is 85.2 Å². The van der Waals surface area contributed by atoms with E-state index in [0.29, 0.717) is 145 Å². The number of aryl methyl sites for hydroxylation is 5. The fourth-order valence-corrected chi connectivity index (χ4v) is 10.1. The number of aromatic nitrogens is 10. The number of nitriles is 2. The molecule has 27 nitrogen and oxygen atoms in total. The van der Waals surface area contributed by atoms with Gasteiger partial charge in [0.15, 0.2) is 16.9 Å². The van der Waals surface area contributed by atoms with Gasteiger partial charge < -0.3 is 48.9 Å². The number of nitrogens with zero attached hydrogens (tertiary/aromatic N) is 15. The molecule has 0 bridgehead atoms. The van der Waals surface area contributed by atoms with Crippen molar-refractivity contribution in [2.75, 3.05) is 82.1 Å². The summed E-state index contributed by atoms with van der Waals surface area (Å²) < 4.78 is 23.7. The van der Waals surface area contributed by atoms with Gasteiger partial charge in [-0.05, 0) is 128 Å². The minimum Gasteiger partial charge on any atom is -0.466 e. The molecule has 0 atom stereocenters. The Kier molecular flexibility index (Phi) is 32.4. The standard InChI is InChI=1S/C22H24ClN5O3.C14H19N3O2.C13H18N4O2.C13H14N3O3.C7H5ClN2.Y/c1-2-28-14-19(22(30)24-12-15-3-5-16(23)6-4-15)20(29)18-11-17(25-26-21(18)28)13-27-7-9-31-10-8-27;1-4-17(7-6-13(18)19-5-2)14-12(9-15)8-11(3)10-16-14;1-4-17-7-10(13(18)19-5-2)11(14)9-6-8(3)15-16-12(9)17;1-4-16-7-10(13(18)19-5-2)11(17)9-6-8(3)14-15-12(9)16;1-5-2-6(3-9)7(8)10-4-5;/h3-6,11,14H,2,7-10,12-13H2,1H3,(H,24,30);8,10H,4-7H2,1-3H3;6H,4-5,7,14H2,1-3H3;6-7H,3-5H2,1-2H3;2,4H,1H3;/q;;;-1;;. The van der Waals surface area contributed by atoms with E-state index >= 15 is 0 Å². The fraction of sp³-hybridized carbons (Fsp3) is 0.377. The third-order valence-corrected chi connectivity index (χ3v) is 15.4. The molecular formula is C69H80Cl2N17O10Y-. The van der Waals surface area contributed by atoms with Crippen LogP contribution in [0.4, 0.5) is 11.6 Å². The average Bonchev–Trinajstić information content (AvgIpc) is 0.792. The zero-order chi connectivity index (χ0) is 71.6. The Labute approximate surface area is 609 Å². The first-order valence-electron chi connectivity index (χ1n) is 31.7. The number of rotatable bonds is 18. The number of anilines is 2. The van der Waals surface area contributed by atoms with Crippen molar-refractivity contribution in [3.8, 4) is 12.1 Å². The first-order chi connectivity index (χ1) is 47.1. The van der Waals surface area contributed by atoms with Gasteiger partial charge in [0.25, 0.3) is 5.91 Å². The predicted octanol–water partition coefficient (Wildman–Crippen LogP) is 8.21. The fourth-order valence-electron chi connectivity index (χ4n) is 9.88. The average molecular weight is 1470 g/mol. The minimum absolute atomic E-state index is 0. The molecule has 1 saturated heterocycles.